The molecule has 3 N–H and O–H groups in total. The van der Waals surface area contributed by atoms with Crippen LogP contribution in [0.15, 0.2) is 0 Å². The van der Waals surface area contributed by atoms with Crippen LogP contribution < -0.4 is 11.1 Å². The van der Waals surface area contributed by atoms with E-state index in [4.69, 9.17) is 10.5 Å². The zero-order valence-corrected chi connectivity index (χ0v) is 13.9. The molecule has 1 amide bonds. The van der Waals surface area contributed by atoms with E-state index in [0.717, 1.165) is 13.0 Å². The number of nitrogen functional groups attached to an aromatic ring is 1. The second-order valence-corrected chi connectivity index (χ2v) is 7.03. The van der Waals surface area contributed by atoms with E-state index in [1.807, 2.05) is 25.7 Å². The molecule has 0 bridgehead atoms. The lowest BCUT2D eigenvalue weighted by atomic mass is 10.1. The first-order valence-electron chi connectivity index (χ1n) is 7.29. The summed E-state index contributed by atoms with van der Waals surface area (Å²) >= 11 is 1.32. The standard InChI is InChI=1S/C14H24N4O2S/c1-5-6-16-13-17-11(15)10(21-13)12(19)18-7-9(2)20-14(3,4)8-18/h9H,5-8,15H2,1-4H3,(H,16,17). The number of carbonyl (C=O) groups is 1. The summed E-state index contributed by atoms with van der Waals surface area (Å²) in [5, 5.41) is 3.88. The van der Waals surface area contributed by atoms with Gasteiger partial charge in [-0.2, -0.15) is 0 Å². The van der Waals surface area contributed by atoms with Crippen LogP contribution in [0, 0.1) is 0 Å². The zero-order chi connectivity index (χ0) is 15.6. The van der Waals surface area contributed by atoms with Crippen molar-refractivity contribution in [3.8, 4) is 0 Å². The van der Waals surface area contributed by atoms with Gasteiger partial charge in [-0.05, 0) is 27.2 Å². The lowest BCUT2D eigenvalue weighted by Crippen LogP contribution is -2.53. The molecule has 1 aliphatic rings. The summed E-state index contributed by atoms with van der Waals surface area (Å²) in [6.45, 7) is 10.0. The number of hydrogen-bond donors (Lipinski definition) is 2. The first-order valence-corrected chi connectivity index (χ1v) is 8.11. The molecule has 0 spiro atoms. The van der Waals surface area contributed by atoms with Gasteiger partial charge in [-0.3, -0.25) is 4.79 Å². The number of nitrogens with one attached hydrogen (secondary N) is 1. The van der Waals surface area contributed by atoms with Crippen LogP contribution in [-0.4, -0.2) is 47.1 Å². The van der Waals surface area contributed by atoms with Gasteiger partial charge in [-0.25, -0.2) is 4.98 Å². The maximum Gasteiger partial charge on any atom is 0.268 e. The molecule has 1 aliphatic heterocycles. The summed E-state index contributed by atoms with van der Waals surface area (Å²) in [5.41, 5.74) is 5.57. The van der Waals surface area contributed by atoms with E-state index in [0.29, 0.717) is 28.9 Å². The Morgan fingerprint density at radius 2 is 2.33 bits per heavy atom. The fourth-order valence-corrected chi connectivity index (χ4v) is 3.42. The molecule has 0 aromatic carbocycles. The third-order valence-electron chi connectivity index (χ3n) is 3.23. The van der Waals surface area contributed by atoms with Crippen LogP contribution in [0.25, 0.3) is 0 Å². The molecule has 2 rings (SSSR count). The maximum absolute atomic E-state index is 12.7. The minimum Gasteiger partial charge on any atom is -0.382 e. The Kier molecular flexibility index (Phi) is 4.73. The average Bonchev–Trinajstić information content (AvgIpc) is 2.74. The van der Waals surface area contributed by atoms with Crippen molar-refractivity contribution in [2.75, 3.05) is 30.7 Å². The van der Waals surface area contributed by atoms with Gasteiger partial charge in [0.1, 0.15) is 10.7 Å². The van der Waals surface area contributed by atoms with Crippen molar-refractivity contribution in [3.05, 3.63) is 4.88 Å². The average molecular weight is 312 g/mol. The number of rotatable bonds is 4. The molecular formula is C14H24N4O2S. The van der Waals surface area contributed by atoms with E-state index in [9.17, 15) is 4.79 Å². The van der Waals surface area contributed by atoms with E-state index >= 15 is 0 Å². The number of carbonyl (C=O) groups excluding carboxylic acids is 1. The fraction of sp³-hybridized carbons (Fsp3) is 0.714. The predicted molar refractivity (Wildman–Crippen MR) is 85.8 cm³/mol. The van der Waals surface area contributed by atoms with Gasteiger partial charge in [0.2, 0.25) is 0 Å². The SMILES string of the molecule is CCCNc1nc(N)c(C(=O)N2CC(C)OC(C)(C)C2)s1. The van der Waals surface area contributed by atoms with Gasteiger partial charge in [-0.15, -0.1) is 0 Å². The van der Waals surface area contributed by atoms with Crippen LogP contribution in [0.4, 0.5) is 10.9 Å². The number of hydrogen-bond acceptors (Lipinski definition) is 6. The van der Waals surface area contributed by atoms with E-state index in [2.05, 4.69) is 17.2 Å². The molecule has 1 unspecified atom stereocenters. The van der Waals surface area contributed by atoms with Gasteiger partial charge in [0.15, 0.2) is 5.13 Å². The van der Waals surface area contributed by atoms with Crippen molar-refractivity contribution >= 4 is 28.2 Å². The summed E-state index contributed by atoms with van der Waals surface area (Å²) in [6, 6.07) is 0. The lowest BCUT2D eigenvalue weighted by Gasteiger charge is -2.41. The van der Waals surface area contributed by atoms with Gasteiger partial charge >= 0.3 is 0 Å². The molecule has 21 heavy (non-hydrogen) atoms. The second kappa shape index (κ2) is 6.19. The lowest BCUT2D eigenvalue weighted by molar-refractivity contribution is -0.118. The summed E-state index contributed by atoms with van der Waals surface area (Å²) < 4.78 is 5.83. The largest absolute Gasteiger partial charge is 0.382 e. The molecular weight excluding hydrogens is 288 g/mol. The third kappa shape index (κ3) is 3.85. The Hall–Kier alpha value is -1.34. The highest BCUT2D eigenvalue weighted by Gasteiger charge is 2.35. The van der Waals surface area contributed by atoms with Crippen LogP contribution in [-0.2, 0) is 4.74 Å². The monoisotopic (exact) mass is 312 g/mol. The van der Waals surface area contributed by atoms with Gasteiger partial charge in [0.05, 0.1) is 11.7 Å². The van der Waals surface area contributed by atoms with Crippen molar-refractivity contribution in [1.29, 1.82) is 0 Å². The number of anilines is 2. The number of amides is 1. The second-order valence-electron chi connectivity index (χ2n) is 6.03. The molecule has 1 fully saturated rings. The zero-order valence-electron chi connectivity index (χ0n) is 13.1. The van der Waals surface area contributed by atoms with Crippen molar-refractivity contribution < 1.29 is 9.53 Å². The minimum absolute atomic E-state index is 0.0181. The summed E-state index contributed by atoms with van der Waals surface area (Å²) in [4.78, 5) is 19.2. The number of nitrogens with two attached hydrogens (primary N) is 1. The number of thiazole rings is 1. The molecule has 0 saturated carbocycles. The van der Waals surface area contributed by atoms with Crippen LogP contribution >= 0.6 is 11.3 Å². The smallest absolute Gasteiger partial charge is 0.268 e. The topological polar surface area (TPSA) is 80.5 Å². The summed E-state index contributed by atoms with van der Waals surface area (Å²) in [6.07, 6.45) is 1.02. The van der Waals surface area contributed by atoms with E-state index < -0.39 is 0 Å². The highest BCUT2D eigenvalue weighted by molar-refractivity contribution is 7.18. The van der Waals surface area contributed by atoms with Crippen molar-refractivity contribution in [2.24, 2.45) is 0 Å². The van der Waals surface area contributed by atoms with Crippen LogP contribution in [0.2, 0.25) is 0 Å². The number of nitrogens with zero attached hydrogens (tertiary/aromatic N) is 2. The quantitative estimate of drug-likeness (QED) is 0.891. The predicted octanol–water partition coefficient (Wildman–Crippen LogP) is 2.19. The van der Waals surface area contributed by atoms with Crippen LogP contribution in [0.5, 0.6) is 0 Å². The maximum atomic E-state index is 12.7. The number of morpholine rings is 1. The highest BCUT2D eigenvalue weighted by atomic mass is 32.1. The van der Waals surface area contributed by atoms with Crippen molar-refractivity contribution in [2.45, 2.75) is 45.8 Å². The molecule has 118 valence electrons. The molecule has 1 aromatic rings. The minimum atomic E-state index is -0.337. The molecule has 1 saturated heterocycles. The molecule has 0 aliphatic carbocycles. The Bertz CT molecular complexity index is 515. The van der Waals surface area contributed by atoms with Crippen LogP contribution in [0.3, 0.4) is 0 Å². The van der Waals surface area contributed by atoms with Gasteiger partial charge in [0, 0.05) is 19.6 Å². The Morgan fingerprint density at radius 3 is 2.95 bits per heavy atom. The molecule has 7 heteroatoms. The summed E-state index contributed by atoms with van der Waals surface area (Å²) in [7, 11) is 0. The van der Waals surface area contributed by atoms with E-state index in [1.54, 1.807) is 0 Å². The normalized spacial score (nSPS) is 21.3. The Balaban J connectivity index is 2.14. The Labute approximate surface area is 129 Å². The van der Waals surface area contributed by atoms with E-state index in [1.165, 1.54) is 11.3 Å². The molecule has 1 atom stereocenters. The number of ether oxygens (including phenoxy) is 1. The molecule has 2 heterocycles. The first kappa shape index (κ1) is 16.0. The van der Waals surface area contributed by atoms with Crippen LogP contribution in [0.1, 0.15) is 43.8 Å². The molecule has 1 aromatic heterocycles. The highest BCUT2D eigenvalue weighted by Crippen LogP contribution is 2.29. The number of aromatic nitrogens is 1. The first-order chi connectivity index (χ1) is 9.82. The van der Waals surface area contributed by atoms with Gasteiger partial charge in [0.25, 0.3) is 5.91 Å². The van der Waals surface area contributed by atoms with Gasteiger partial charge in [-0.1, -0.05) is 18.3 Å². The van der Waals surface area contributed by atoms with E-state index in [-0.39, 0.29) is 17.6 Å². The molecule has 6 nitrogen and oxygen atoms in total. The Morgan fingerprint density at radius 1 is 1.62 bits per heavy atom. The van der Waals surface area contributed by atoms with Crippen molar-refractivity contribution in [3.63, 3.8) is 0 Å². The summed E-state index contributed by atoms with van der Waals surface area (Å²) in [5.74, 6) is 0.248. The molecule has 0 radical (unpaired) electrons. The van der Waals surface area contributed by atoms with Crippen molar-refractivity contribution in [1.82, 2.24) is 9.88 Å². The van der Waals surface area contributed by atoms with Gasteiger partial charge < -0.3 is 20.7 Å². The third-order valence-corrected chi connectivity index (χ3v) is 4.25. The fourth-order valence-electron chi connectivity index (χ4n) is 2.54.